The molecule has 0 radical (unpaired) electrons. The highest BCUT2D eigenvalue weighted by atomic mass is 16.4. The summed E-state index contributed by atoms with van der Waals surface area (Å²) in [7, 11) is 0. The largest absolute Gasteiger partial charge is 0.544 e. The molecule has 26 heavy (non-hydrogen) atoms. The molecule has 2 atom stereocenters. The molecule has 2 unspecified atom stereocenters. The SMILES string of the molecule is CCCCCCCCCCCCCCC1=NC=C[N+]1(CC(=O)[O-])C(C)N. The normalized spacial score (nSPS) is 20.3. The predicted molar refractivity (Wildman–Crippen MR) is 106 cm³/mol. The number of nitrogens with two attached hydrogens (primary N) is 1. The summed E-state index contributed by atoms with van der Waals surface area (Å²) < 4.78 is 0.111. The van der Waals surface area contributed by atoms with Crippen molar-refractivity contribution >= 4 is 11.8 Å². The van der Waals surface area contributed by atoms with Crippen molar-refractivity contribution in [2.45, 2.75) is 103 Å². The van der Waals surface area contributed by atoms with Gasteiger partial charge >= 0.3 is 0 Å². The Morgan fingerprint density at radius 1 is 1.04 bits per heavy atom. The van der Waals surface area contributed by atoms with E-state index in [-0.39, 0.29) is 17.2 Å². The van der Waals surface area contributed by atoms with Crippen molar-refractivity contribution in [2.24, 2.45) is 10.7 Å². The van der Waals surface area contributed by atoms with Crippen molar-refractivity contribution in [1.82, 2.24) is 0 Å². The van der Waals surface area contributed by atoms with E-state index >= 15 is 0 Å². The Morgan fingerprint density at radius 2 is 1.54 bits per heavy atom. The Labute approximate surface area is 160 Å². The molecule has 1 aliphatic rings. The van der Waals surface area contributed by atoms with Crippen LogP contribution < -0.4 is 10.8 Å². The number of quaternary nitrogens is 1. The number of aliphatic carboxylic acids is 1. The zero-order chi connectivity index (χ0) is 19.3. The molecule has 0 amide bonds. The molecule has 0 saturated heterocycles. The van der Waals surface area contributed by atoms with Crippen molar-refractivity contribution in [1.29, 1.82) is 0 Å². The number of carboxylic acids is 1. The van der Waals surface area contributed by atoms with E-state index in [0.29, 0.717) is 0 Å². The molecular weight excluding hydrogens is 326 g/mol. The van der Waals surface area contributed by atoms with Gasteiger partial charge in [0.2, 0.25) is 5.84 Å². The first-order valence-corrected chi connectivity index (χ1v) is 10.6. The Morgan fingerprint density at radius 3 is 2.00 bits per heavy atom. The lowest BCUT2D eigenvalue weighted by Crippen LogP contribution is -2.60. The van der Waals surface area contributed by atoms with Gasteiger partial charge in [-0.25, -0.2) is 9.48 Å². The van der Waals surface area contributed by atoms with Crippen molar-refractivity contribution in [2.75, 3.05) is 6.54 Å². The van der Waals surface area contributed by atoms with E-state index in [2.05, 4.69) is 11.9 Å². The molecule has 5 nitrogen and oxygen atoms in total. The van der Waals surface area contributed by atoms with Gasteiger partial charge in [0, 0.05) is 13.3 Å². The molecule has 0 aromatic heterocycles. The lowest BCUT2D eigenvalue weighted by molar-refractivity contribution is -0.808. The van der Waals surface area contributed by atoms with Gasteiger partial charge in [-0.2, -0.15) is 0 Å². The van der Waals surface area contributed by atoms with Crippen LogP contribution in [0, 0.1) is 0 Å². The second kappa shape index (κ2) is 13.0. The Kier molecular flexibility index (Phi) is 11.5. The fourth-order valence-electron chi connectivity index (χ4n) is 3.70. The molecule has 150 valence electrons. The number of carbonyl (C=O) groups is 1. The van der Waals surface area contributed by atoms with Gasteiger partial charge in [-0.05, 0) is 6.42 Å². The van der Waals surface area contributed by atoms with Gasteiger partial charge in [0.1, 0.15) is 18.9 Å². The lowest BCUT2D eigenvalue weighted by Gasteiger charge is -2.36. The quantitative estimate of drug-likeness (QED) is 0.333. The second-order valence-corrected chi connectivity index (χ2v) is 7.68. The number of nitrogens with zero attached hydrogens (tertiary/aromatic N) is 2. The standard InChI is InChI=1S/C21H39N3O2/c1-3-4-5-6-7-8-9-10-11-12-13-14-15-20-23-16-17-24(20,19(2)22)18-21(25)26/h16-17,19H,3-15,18,22H2,1-2H3. The Balaban J connectivity index is 2.11. The number of aliphatic imine (C=N–C) groups is 1. The molecule has 5 heteroatoms. The first kappa shape index (κ1) is 22.8. The summed E-state index contributed by atoms with van der Waals surface area (Å²) in [6.07, 6.45) is 19.7. The highest BCUT2D eigenvalue weighted by molar-refractivity contribution is 5.81. The maximum absolute atomic E-state index is 11.1. The molecule has 0 aliphatic carbocycles. The Bertz CT molecular complexity index is 460. The Hall–Kier alpha value is -1.20. The third-order valence-corrected chi connectivity index (χ3v) is 5.41. The maximum atomic E-state index is 11.1. The van der Waals surface area contributed by atoms with E-state index in [9.17, 15) is 9.90 Å². The molecule has 0 spiro atoms. The number of hydrogen-bond donors (Lipinski definition) is 1. The fraction of sp³-hybridized carbons (Fsp3) is 0.810. The molecule has 0 aromatic carbocycles. The van der Waals surface area contributed by atoms with Crippen LogP contribution in [-0.2, 0) is 4.79 Å². The van der Waals surface area contributed by atoms with Crippen LogP contribution in [0.2, 0.25) is 0 Å². The number of amidine groups is 1. The molecule has 0 fully saturated rings. The minimum Gasteiger partial charge on any atom is -0.544 e. The van der Waals surface area contributed by atoms with Gasteiger partial charge < -0.3 is 9.90 Å². The summed E-state index contributed by atoms with van der Waals surface area (Å²) in [5, 5.41) is 11.1. The summed E-state index contributed by atoms with van der Waals surface area (Å²) >= 11 is 0. The summed E-state index contributed by atoms with van der Waals surface area (Å²) in [5.41, 5.74) is 6.06. The van der Waals surface area contributed by atoms with Gasteiger partial charge in [-0.3, -0.25) is 5.73 Å². The van der Waals surface area contributed by atoms with Crippen molar-refractivity contribution in [3.8, 4) is 0 Å². The maximum Gasteiger partial charge on any atom is 0.209 e. The van der Waals surface area contributed by atoms with Crippen LogP contribution in [0.15, 0.2) is 17.4 Å². The summed E-state index contributed by atoms with van der Waals surface area (Å²) in [6.45, 7) is 3.95. The predicted octanol–water partition coefficient (Wildman–Crippen LogP) is 3.83. The number of carboxylic acid groups (broad SMARTS) is 1. The lowest BCUT2D eigenvalue weighted by atomic mass is 10.0. The highest BCUT2D eigenvalue weighted by Gasteiger charge is 2.38. The number of hydrogen-bond acceptors (Lipinski definition) is 4. The fourth-order valence-corrected chi connectivity index (χ4v) is 3.70. The smallest absolute Gasteiger partial charge is 0.209 e. The third kappa shape index (κ3) is 8.00. The minimum atomic E-state index is -1.09. The molecule has 0 bridgehead atoms. The van der Waals surface area contributed by atoms with Gasteiger partial charge in [0.15, 0.2) is 0 Å². The van der Waals surface area contributed by atoms with Crippen LogP contribution in [0.5, 0.6) is 0 Å². The van der Waals surface area contributed by atoms with Gasteiger partial charge in [-0.1, -0.05) is 77.6 Å². The summed E-state index contributed by atoms with van der Waals surface area (Å²) in [5.74, 6) is -0.229. The van der Waals surface area contributed by atoms with E-state index < -0.39 is 5.97 Å². The summed E-state index contributed by atoms with van der Waals surface area (Å²) in [6, 6.07) is 0. The molecular formula is C21H39N3O2. The zero-order valence-corrected chi connectivity index (χ0v) is 16.9. The second-order valence-electron chi connectivity index (χ2n) is 7.68. The van der Waals surface area contributed by atoms with Crippen LogP contribution in [-0.4, -0.2) is 29.0 Å². The van der Waals surface area contributed by atoms with Crippen molar-refractivity contribution < 1.29 is 14.4 Å². The van der Waals surface area contributed by atoms with E-state index in [1.807, 2.05) is 6.92 Å². The van der Waals surface area contributed by atoms with Gasteiger partial charge in [0.05, 0.1) is 12.2 Å². The van der Waals surface area contributed by atoms with Crippen molar-refractivity contribution in [3.05, 3.63) is 12.4 Å². The molecule has 2 N–H and O–H groups in total. The summed E-state index contributed by atoms with van der Waals surface area (Å²) in [4.78, 5) is 15.5. The molecule has 0 aromatic rings. The van der Waals surface area contributed by atoms with Crippen LogP contribution in [0.3, 0.4) is 0 Å². The monoisotopic (exact) mass is 365 g/mol. The van der Waals surface area contributed by atoms with Crippen LogP contribution in [0.25, 0.3) is 0 Å². The third-order valence-electron chi connectivity index (χ3n) is 5.41. The zero-order valence-electron chi connectivity index (χ0n) is 16.9. The molecule has 1 rings (SSSR count). The number of carbonyl (C=O) groups excluding carboxylic acids is 1. The highest BCUT2D eigenvalue weighted by Crippen LogP contribution is 2.23. The van der Waals surface area contributed by atoms with Crippen molar-refractivity contribution in [3.63, 3.8) is 0 Å². The first-order valence-electron chi connectivity index (χ1n) is 10.6. The van der Waals surface area contributed by atoms with Crippen LogP contribution >= 0.6 is 0 Å². The molecule has 0 saturated carbocycles. The average molecular weight is 366 g/mol. The number of rotatable bonds is 16. The van der Waals surface area contributed by atoms with Crippen LogP contribution in [0.4, 0.5) is 0 Å². The van der Waals surface area contributed by atoms with E-state index in [1.54, 1.807) is 12.4 Å². The average Bonchev–Trinajstić information content (AvgIpc) is 2.99. The topological polar surface area (TPSA) is 78.5 Å². The van der Waals surface area contributed by atoms with E-state index in [0.717, 1.165) is 18.7 Å². The van der Waals surface area contributed by atoms with E-state index in [4.69, 9.17) is 5.73 Å². The van der Waals surface area contributed by atoms with E-state index in [1.165, 1.54) is 70.6 Å². The van der Waals surface area contributed by atoms with Crippen LogP contribution in [0.1, 0.15) is 97.3 Å². The number of unbranched alkanes of at least 4 members (excludes halogenated alkanes) is 11. The molecule has 1 heterocycles. The van der Waals surface area contributed by atoms with Gasteiger partial charge in [-0.15, -0.1) is 0 Å². The van der Waals surface area contributed by atoms with Gasteiger partial charge in [0.25, 0.3) is 0 Å². The molecule has 1 aliphatic heterocycles. The first-order chi connectivity index (χ1) is 12.5. The minimum absolute atomic E-state index is 0.111.